The predicted molar refractivity (Wildman–Crippen MR) is 110 cm³/mol. The first-order valence-electron chi connectivity index (χ1n) is 10.4. The molecule has 0 spiro atoms. The zero-order valence-electron chi connectivity index (χ0n) is 17.4. The van der Waals surface area contributed by atoms with Crippen molar-refractivity contribution in [3.05, 3.63) is 64.7 Å². The number of tetrazole rings is 1. The lowest BCUT2D eigenvalue weighted by Gasteiger charge is -2.26. The molecule has 10 heteroatoms. The minimum Gasteiger partial charge on any atom is -0.508 e. The number of hydrogen-bond acceptors (Lipinski definition) is 5. The summed E-state index contributed by atoms with van der Waals surface area (Å²) < 4.78 is 55.2. The van der Waals surface area contributed by atoms with Crippen LogP contribution in [-0.2, 0) is 6.18 Å². The van der Waals surface area contributed by atoms with Gasteiger partial charge in [0.15, 0.2) is 5.82 Å². The first-order valence-corrected chi connectivity index (χ1v) is 10.4. The van der Waals surface area contributed by atoms with Gasteiger partial charge in [0, 0.05) is 5.56 Å². The summed E-state index contributed by atoms with van der Waals surface area (Å²) in [4.78, 5) is 0. The number of aryl methyl sites for hydroxylation is 1. The lowest BCUT2D eigenvalue weighted by molar-refractivity contribution is -0.137. The maximum atomic E-state index is 14.6. The minimum absolute atomic E-state index is 0.0481. The molecule has 0 aliphatic heterocycles. The van der Waals surface area contributed by atoms with Crippen molar-refractivity contribution >= 4 is 5.69 Å². The quantitative estimate of drug-likeness (QED) is 0.500. The number of nitrogens with one attached hydrogen (secondary N) is 1. The number of aromatic hydroxyl groups is 1. The Labute approximate surface area is 182 Å². The van der Waals surface area contributed by atoms with Gasteiger partial charge in [0.1, 0.15) is 17.6 Å². The zero-order valence-corrected chi connectivity index (χ0v) is 17.4. The molecule has 0 amide bonds. The minimum atomic E-state index is -4.65. The summed E-state index contributed by atoms with van der Waals surface area (Å²) >= 11 is 0. The van der Waals surface area contributed by atoms with Gasteiger partial charge in [0.05, 0.1) is 17.3 Å². The van der Waals surface area contributed by atoms with Crippen molar-refractivity contribution in [2.45, 2.75) is 57.3 Å². The van der Waals surface area contributed by atoms with Gasteiger partial charge >= 0.3 is 6.18 Å². The van der Waals surface area contributed by atoms with Crippen molar-refractivity contribution < 1.29 is 22.7 Å². The summed E-state index contributed by atoms with van der Waals surface area (Å²) in [6.07, 6.45) is 0.319. The Morgan fingerprint density at radius 2 is 1.84 bits per heavy atom. The van der Waals surface area contributed by atoms with Crippen LogP contribution in [-0.4, -0.2) is 25.3 Å². The Morgan fingerprint density at radius 3 is 2.50 bits per heavy atom. The van der Waals surface area contributed by atoms with Gasteiger partial charge in [-0.15, -0.1) is 5.10 Å². The molecular weight excluding hydrogens is 426 g/mol. The second-order valence-electron chi connectivity index (χ2n) is 8.11. The molecule has 170 valence electrons. The van der Waals surface area contributed by atoms with E-state index >= 15 is 0 Å². The van der Waals surface area contributed by atoms with Crippen molar-refractivity contribution in [3.63, 3.8) is 0 Å². The van der Waals surface area contributed by atoms with Crippen LogP contribution >= 0.6 is 0 Å². The molecule has 1 heterocycles. The van der Waals surface area contributed by atoms with Crippen molar-refractivity contribution in [2.75, 3.05) is 5.32 Å². The number of alkyl halides is 3. The third-order valence-electron chi connectivity index (χ3n) is 5.79. The van der Waals surface area contributed by atoms with Crippen LogP contribution in [0.3, 0.4) is 0 Å². The summed E-state index contributed by atoms with van der Waals surface area (Å²) in [5, 5.41) is 25.6. The molecule has 1 saturated carbocycles. The van der Waals surface area contributed by atoms with Crippen LogP contribution in [0.1, 0.15) is 66.7 Å². The van der Waals surface area contributed by atoms with E-state index in [0.29, 0.717) is 17.5 Å². The van der Waals surface area contributed by atoms with Gasteiger partial charge < -0.3 is 10.4 Å². The molecule has 1 aromatic heterocycles. The average molecular weight is 449 g/mol. The van der Waals surface area contributed by atoms with Gasteiger partial charge in [-0.3, -0.25) is 0 Å². The standard InChI is InChI=1S/C22H23F4N5O/c1-13-7-9-16(19(32)11-13)20(21-28-29-30-31(21)15-5-3-2-4-6-15)27-18-10-8-14(12-17(18)23)22(24,25)26/h7-12,15,20,27,32H,2-6H2,1H3. The molecule has 1 fully saturated rings. The highest BCUT2D eigenvalue weighted by Gasteiger charge is 2.32. The molecule has 6 nitrogen and oxygen atoms in total. The van der Waals surface area contributed by atoms with Gasteiger partial charge in [-0.2, -0.15) is 13.2 Å². The number of anilines is 1. The molecule has 0 bridgehead atoms. The summed E-state index contributed by atoms with van der Waals surface area (Å²) in [6, 6.07) is 6.47. The smallest absolute Gasteiger partial charge is 0.416 e. The van der Waals surface area contributed by atoms with Crippen molar-refractivity contribution in [1.82, 2.24) is 20.2 Å². The summed E-state index contributed by atoms with van der Waals surface area (Å²) in [7, 11) is 0. The molecule has 2 N–H and O–H groups in total. The highest BCUT2D eigenvalue weighted by molar-refractivity contribution is 5.52. The van der Waals surface area contributed by atoms with Crippen LogP contribution in [0.4, 0.5) is 23.2 Å². The first kappa shape index (κ1) is 22.0. The second-order valence-corrected chi connectivity index (χ2v) is 8.11. The number of halogens is 4. The van der Waals surface area contributed by atoms with E-state index in [-0.39, 0.29) is 17.5 Å². The van der Waals surface area contributed by atoms with Crippen LogP contribution in [0.15, 0.2) is 36.4 Å². The summed E-state index contributed by atoms with van der Waals surface area (Å²) in [5.74, 6) is -0.753. The van der Waals surface area contributed by atoms with Gasteiger partial charge in [-0.05, 0) is 60.0 Å². The van der Waals surface area contributed by atoms with E-state index in [4.69, 9.17) is 0 Å². The normalized spacial score (nSPS) is 16.2. The first-order chi connectivity index (χ1) is 15.2. The third kappa shape index (κ3) is 4.53. The molecule has 4 rings (SSSR count). The van der Waals surface area contributed by atoms with E-state index in [1.54, 1.807) is 22.9 Å². The topological polar surface area (TPSA) is 75.9 Å². The number of hydrogen-bond donors (Lipinski definition) is 2. The summed E-state index contributed by atoms with van der Waals surface area (Å²) in [6.45, 7) is 1.81. The molecule has 0 saturated heterocycles. The highest BCUT2D eigenvalue weighted by atomic mass is 19.4. The number of phenolic OH excluding ortho intramolecular Hbond substituents is 1. The van der Waals surface area contributed by atoms with Gasteiger partial charge in [-0.25, -0.2) is 9.07 Å². The fourth-order valence-electron chi connectivity index (χ4n) is 4.12. The van der Waals surface area contributed by atoms with Gasteiger partial charge in [-0.1, -0.05) is 31.4 Å². The van der Waals surface area contributed by atoms with Crippen LogP contribution in [0.2, 0.25) is 0 Å². The van der Waals surface area contributed by atoms with E-state index in [9.17, 15) is 22.7 Å². The molecule has 1 unspecified atom stereocenters. The molecule has 3 aromatic rings. The van der Waals surface area contributed by atoms with Gasteiger partial charge in [0.2, 0.25) is 0 Å². The Kier molecular flexibility index (Phi) is 6.03. The van der Waals surface area contributed by atoms with Crippen molar-refractivity contribution in [3.8, 4) is 5.75 Å². The average Bonchev–Trinajstić information content (AvgIpc) is 3.23. The fraction of sp³-hybridized carbons (Fsp3) is 0.409. The van der Waals surface area contributed by atoms with E-state index in [2.05, 4.69) is 20.8 Å². The highest BCUT2D eigenvalue weighted by Crippen LogP contribution is 2.37. The molecule has 32 heavy (non-hydrogen) atoms. The lowest BCUT2D eigenvalue weighted by atomic mass is 9.95. The van der Waals surface area contributed by atoms with Crippen molar-refractivity contribution in [2.24, 2.45) is 0 Å². The monoisotopic (exact) mass is 449 g/mol. The van der Waals surface area contributed by atoms with Crippen molar-refractivity contribution in [1.29, 1.82) is 0 Å². The predicted octanol–water partition coefficient (Wildman–Crippen LogP) is 5.55. The Morgan fingerprint density at radius 1 is 1.09 bits per heavy atom. The molecule has 0 radical (unpaired) electrons. The molecule has 1 atom stereocenters. The maximum absolute atomic E-state index is 14.6. The second kappa shape index (κ2) is 8.76. The number of aromatic nitrogens is 4. The fourth-order valence-corrected chi connectivity index (χ4v) is 4.12. The van der Waals surface area contributed by atoms with Gasteiger partial charge in [0.25, 0.3) is 0 Å². The number of phenols is 1. The lowest BCUT2D eigenvalue weighted by Crippen LogP contribution is -2.23. The Balaban J connectivity index is 1.76. The zero-order chi connectivity index (χ0) is 22.9. The van der Waals surface area contributed by atoms with Crippen LogP contribution in [0.25, 0.3) is 0 Å². The Bertz CT molecular complexity index is 1090. The van der Waals surface area contributed by atoms with E-state index in [0.717, 1.165) is 49.8 Å². The largest absolute Gasteiger partial charge is 0.508 e. The molecule has 1 aliphatic carbocycles. The number of nitrogens with zero attached hydrogens (tertiary/aromatic N) is 4. The summed E-state index contributed by atoms with van der Waals surface area (Å²) in [5.41, 5.74) is -0.0252. The SMILES string of the molecule is Cc1ccc(C(Nc2ccc(C(F)(F)F)cc2F)c2nnnn2C2CCCCC2)c(O)c1. The third-order valence-corrected chi connectivity index (χ3v) is 5.79. The molecule has 2 aromatic carbocycles. The molecular formula is C22H23F4N5O. The van der Waals surface area contributed by atoms with E-state index in [1.807, 2.05) is 6.92 Å². The van der Waals surface area contributed by atoms with Crippen LogP contribution in [0.5, 0.6) is 5.75 Å². The van der Waals surface area contributed by atoms with E-state index in [1.165, 1.54) is 0 Å². The number of rotatable bonds is 5. The van der Waals surface area contributed by atoms with Crippen LogP contribution in [0, 0.1) is 12.7 Å². The number of benzene rings is 2. The Hall–Kier alpha value is -3.17. The molecule has 1 aliphatic rings. The van der Waals surface area contributed by atoms with E-state index < -0.39 is 23.6 Å². The van der Waals surface area contributed by atoms with Crippen LogP contribution < -0.4 is 5.32 Å². The maximum Gasteiger partial charge on any atom is 0.416 e.